The molecule has 3 aromatic rings. The monoisotopic (exact) mass is 451 g/mol. The van der Waals surface area contributed by atoms with Crippen LogP contribution in [0.15, 0.2) is 65.6 Å². The van der Waals surface area contributed by atoms with Gasteiger partial charge in [-0.1, -0.05) is 56.3 Å². The first kappa shape index (κ1) is 22.5. The van der Waals surface area contributed by atoms with Crippen molar-refractivity contribution in [2.45, 2.75) is 31.7 Å². The Kier molecular flexibility index (Phi) is 6.33. The zero-order valence-electron chi connectivity index (χ0n) is 18.6. The molecule has 4 rings (SSSR count). The second-order valence-corrected chi connectivity index (χ2v) is 10.4. The highest BCUT2D eigenvalue weighted by molar-refractivity contribution is 7.89. The molecule has 1 aliphatic rings. The topological polar surface area (TPSA) is 87.3 Å². The van der Waals surface area contributed by atoms with Crippen LogP contribution in [-0.2, 0) is 10.0 Å². The highest BCUT2D eigenvalue weighted by Gasteiger charge is 2.32. The molecular weight excluding hydrogens is 422 g/mol. The molecule has 0 saturated carbocycles. The van der Waals surface area contributed by atoms with Crippen LogP contribution in [0.4, 0.5) is 5.69 Å². The van der Waals surface area contributed by atoms with Gasteiger partial charge in [0.05, 0.1) is 4.90 Å². The number of piperidine rings is 1. The van der Waals surface area contributed by atoms with Gasteiger partial charge in [0.2, 0.25) is 10.0 Å². The molecule has 3 atom stereocenters. The molecule has 1 amide bonds. The molecule has 0 aliphatic carbocycles. The lowest BCUT2D eigenvalue weighted by Crippen LogP contribution is -2.53. The largest absolute Gasteiger partial charge is 0.321 e. The van der Waals surface area contributed by atoms with E-state index in [-0.39, 0.29) is 28.7 Å². The number of benzene rings is 3. The Hall–Kier alpha value is -2.74. The van der Waals surface area contributed by atoms with Crippen molar-refractivity contribution < 1.29 is 13.2 Å². The predicted octanol–water partition coefficient (Wildman–Crippen LogP) is 3.92. The number of nitrogens with one attached hydrogen (secondary N) is 3. The summed E-state index contributed by atoms with van der Waals surface area (Å²) in [7, 11) is -3.75. The highest BCUT2D eigenvalue weighted by Crippen LogP contribution is 2.31. The fraction of sp³-hybridized carbons (Fsp3) is 0.320. The van der Waals surface area contributed by atoms with E-state index in [9.17, 15) is 13.2 Å². The molecule has 3 aromatic carbocycles. The maximum Gasteiger partial charge on any atom is 0.255 e. The maximum absolute atomic E-state index is 13.4. The number of aryl methyl sites for hydroxylation is 1. The summed E-state index contributed by atoms with van der Waals surface area (Å²) in [5.74, 6) is 0.152. The Bertz CT molecular complexity index is 1250. The summed E-state index contributed by atoms with van der Waals surface area (Å²) in [5, 5.41) is 7.56. The number of hydrogen-bond donors (Lipinski definition) is 3. The smallest absolute Gasteiger partial charge is 0.255 e. The molecule has 0 aromatic heterocycles. The van der Waals surface area contributed by atoms with E-state index >= 15 is 0 Å². The molecule has 1 aliphatic heterocycles. The molecule has 1 saturated heterocycles. The molecule has 6 nitrogen and oxygen atoms in total. The summed E-state index contributed by atoms with van der Waals surface area (Å²) in [6, 6.07) is 17.7. The van der Waals surface area contributed by atoms with Gasteiger partial charge in [0.15, 0.2) is 0 Å². The van der Waals surface area contributed by atoms with Crippen LogP contribution in [0.1, 0.15) is 29.8 Å². The van der Waals surface area contributed by atoms with Gasteiger partial charge in [-0.25, -0.2) is 13.1 Å². The van der Waals surface area contributed by atoms with Gasteiger partial charge in [-0.15, -0.1) is 0 Å². The minimum atomic E-state index is -3.75. The van der Waals surface area contributed by atoms with Crippen LogP contribution >= 0.6 is 0 Å². The minimum Gasteiger partial charge on any atom is -0.321 e. The molecule has 32 heavy (non-hydrogen) atoms. The number of fused-ring (bicyclic) bond motifs is 1. The van der Waals surface area contributed by atoms with Gasteiger partial charge in [-0.2, -0.15) is 0 Å². The van der Waals surface area contributed by atoms with Crippen LogP contribution in [-0.4, -0.2) is 33.5 Å². The molecular formula is C25H29N3O3S. The van der Waals surface area contributed by atoms with E-state index in [0.29, 0.717) is 22.0 Å². The van der Waals surface area contributed by atoms with Crippen LogP contribution in [0, 0.1) is 18.8 Å². The van der Waals surface area contributed by atoms with Gasteiger partial charge in [0, 0.05) is 28.1 Å². The zero-order valence-corrected chi connectivity index (χ0v) is 19.4. The van der Waals surface area contributed by atoms with Crippen molar-refractivity contribution in [1.29, 1.82) is 0 Å². The normalized spacial score (nSPS) is 21.4. The van der Waals surface area contributed by atoms with E-state index in [1.165, 1.54) is 0 Å². The Balaban J connectivity index is 1.69. The maximum atomic E-state index is 13.4. The van der Waals surface area contributed by atoms with E-state index in [1.807, 2.05) is 43.3 Å². The van der Waals surface area contributed by atoms with Crippen LogP contribution < -0.4 is 15.4 Å². The quantitative estimate of drug-likeness (QED) is 0.549. The molecule has 3 N–H and O–H groups in total. The third-order valence-corrected chi connectivity index (χ3v) is 7.78. The number of amides is 1. The van der Waals surface area contributed by atoms with Crippen molar-refractivity contribution in [3.05, 3.63) is 71.8 Å². The van der Waals surface area contributed by atoms with Crippen molar-refractivity contribution in [3.63, 3.8) is 0 Å². The zero-order chi connectivity index (χ0) is 22.9. The second kappa shape index (κ2) is 9.02. The fourth-order valence-corrected chi connectivity index (χ4v) is 6.13. The number of carbonyl (C=O) groups excluding carboxylic acids is 1. The molecule has 1 heterocycles. The van der Waals surface area contributed by atoms with Gasteiger partial charge in [0.25, 0.3) is 5.91 Å². The first-order valence-electron chi connectivity index (χ1n) is 10.9. The Labute approximate surface area is 189 Å². The molecule has 7 heteroatoms. The lowest BCUT2D eigenvalue weighted by molar-refractivity contribution is 0.102. The molecule has 0 bridgehead atoms. The van der Waals surface area contributed by atoms with Gasteiger partial charge >= 0.3 is 0 Å². The average molecular weight is 452 g/mol. The fourth-order valence-electron chi connectivity index (χ4n) is 4.46. The standard InChI is InChI=1S/C25H29N3O3S/c1-16-8-4-5-9-19(16)25(29)27-22-12-13-23(21-11-7-6-10-20(21)22)32(30,31)28-24-17(2)14-26-15-18(24)3/h4-13,17-18,24,26,28H,14-15H2,1-3H3,(H,27,29)/t17-,18+,24+. The summed E-state index contributed by atoms with van der Waals surface area (Å²) in [4.78, 5) is 13.1. The molecule has 168 valence electrons. The summed E-state index contributed by atoms with van der Waals surface area (Å²) in [6.45, 7) is 7.55. The van der Waals surface area contributed by atoms with Gasteiger partial charge < -0.3 is 10.6 Å². The number of hydrogen-bond acceptors (Lipinski definition) is 4. The minimum absolute atomic E-state index is 0.138. The molecule has 0 radical (unpaired) electrons. The van der Waals surface area contributed by atoms with Crippen molar-refractivity contribution in [2.24, 2.45) is 11.8 Å². The summed E-state index contributed by atoms with van der Waals surface area (Å²) >= 11 is 0. The van der Waals surface area contributed by atoms with Gasteiger partial charge in [0.1, 0.15) is 0 Å². The lowest BCUT2D eigenvalue weighted by Gasteiger charge is -2.35. The summed E-state index contributed by atoms with van der Waals surface area (Å²) in [6.07, 6.45) is 0. The Morgan fingerprint density at radius 2 is 1.53 bits per heavy atom. The predicted molar refractivity (Wildman–Crippen MR) is 128 cm³/mol. The Morgan fingerprint density at radius 1 is 0.906 bits per heavy atom. The van der Waals surface area contributed by atoms with Crippen LogP contribution in [0.3, 0.4) is 0 Å². The van der Waals surface area contributed by atoms with Crippen LogP contribution in [0.25, 0.3) is 10.8 Å². The lowest BCUT2D eigenvalue weighted by atomic mass is 9.88. The highest BCUT2D eigenvalue weighted by atomic mass is 32.2. The van der Waals surface area contributed by atoms with Crippen LogP contribution in [0.5, 0.6) is 0 Å². The first-order valence-corrected chi connectivity index (χ1v) is 12.4. The third-order valence-electron chi connectivity index (χ3n) is 6.26. The van der Waals surface area contributed by atoms with E-state index in [4.69, 9.17) is 0 Å². The SMILES string of the molecule is Cc1ccccc1C(=O)Nc1ccc(S(=O)(=O)N[C@H]2[C@H](C)CNC[C@@H]2C)c2ccccc12. The van der Waals surface area contributed by atoms with Gasteiger partial charge in [-0.3, -0.25) is 4.79 Å². The number of rotatable bonds is 5. The van der Waals surface area contributed by atoms with E-state index in [2.05, 4.69) is 29.2 Å². The van der Waals surface area contributed by atoms with Crippen molar-refractivity contribution in [2.75, 3.05) is 18.4 Å². The molecule has 0 unspecified atom stereocenters. The summed E-state index contributed by atoms with van der Waals surface area (Å²) < 4.78 is 29.7. The summed E-state index contributed by atoms with van der Waals surface area (Å²) in [5.41, 5.74) is 2.04. The van der Waals surface area contributed by atoms with Gasteiger partial charge in [-0.05, 0) is 55.6 Å². The number of carbonyl (C=O) groups is 1. The Morgan fingerprint density at radius 3 is 2.22 bits per heavy atom. The van der Waals surface area contributed by atoms with E-state index in [0.717, 1.165) is 18.7 Å². The number of sulfonamides is 1. The average Bonchev–Trinajstić information content (AvgIpc) is 2.77. The van der Waals surface area contributed by atoms with E-state index in [1.54, 1.807) is 24.3 Å². The number of anilines is 1. The van der Waals surface area contributed by atoms with Crippen molar-refractivity contribution >= 4 is 32.4 Å². The van der Waals surface area contributed by atoms with Crippen LogP contribution in [0.2, 0.25) is 0 Å². The van der Waals surface area contributed by atoms with Crippen molar-refractivity contribution in [3.8, 4) is 0 Å². The molecule has 0 spiro atoms. The third kappa shape index (κ3) is 4.41. The molecule has 1 fully saturated rings. The van der Waals surface area contributed by atoms with E-state index < -0.39 is 10.0 Å². The van der Waals surface area contributed by atoms with Crippen molar-refractivity contribution in [1.82, 2.24) is 10.0 Å². The second-order valence-electron chi connectivity index (χ2n) is 8.69. The first-order chi connectivity index (χ1) is 15.3.